The first-order valence-corrected chi connectivity index (χ1v) is 9.68. The summed E-state index contributed by atoms with van der Waals surface area (Å²) in [6.45, 7) is 4.57. The van der Waals surface area contributed by atoms with Crippen LogP contribution in [0.25, 0.3) is 0 Å². The maximum absolute atomic E-state index is 14.2. The van der Waals surface area contributed by atoms with Crippen molar-refractivity contribution >= 4 is 11.7 Å². The fraction of sp³-hybridized carbons (Fsp3) is 0.455. The highest BCUT2D eigenvalue weighted by Crippen LogP contribution is 2.31. The molecule has 1 N–H and O–H groups in total. The molecule has 1 atom stereocenters. The van der Waals surface area contributed by atoms with Crippen molar-refractivity contribution in [2.75, 3.05) is 13.7 Å². The van der Waals surface area contributed by atoms with Crippen LogP contribution in [-0.2, 0) is 28.9 Å². The van der Waals surface area contributed by atoms with E-state index in [4.69, 9.17) is 4.74 Å². The number of benzene rings is 1. The molecule has 0 radical (unpaired) electrons. The number of aromatic nitrogens is 1. The molecular weight excluding hydrogens is 359 g/mol. The van der Waals surface area contributed by atoms with Gasteiger partial charge < -0.3 is 14.6 Å². The van der Waals surface area contributed by atoms with E-state index in [9.17, 15) is 14.0 Å². The summed E-state index contributed by atoms with van der Waals surface area (Å²) >= 11 is 0. The SMILES string of the molecule is COC[C@@H](C)NC(=O)Cc1c2c(n(Cc3ccccc3F)c1C)CCCC2=O. The molecule has 0 bridgehead atoms. The van der Waals surface area contributed by atoms with Gasteiger partial charge in [-0.1, -0.05) is 18.2 Å². The lowest BCUT2D eigenvalue weighted by molar-refractivity contribution is -0.121. The van der Waals surface area contributed by atoms with E-state index >= 15 is 0 Å². The molecule has 150 valence electrons. The maximum Gasteiger partial charge on any atom is 0.224 e. The van der Waals surface area contributed by atoms with Gasteiger partial charge in [0, 0.05) is 42.1 Å². The summed E-state index contributed by atoms with van der Waals surface area (Å²) in [6.07, 6.45) is 2.17. The number of rotatable bonds is 7. The van der Waals surface area contributed by atoms with E-state index in [1.54, 1.807) is 25.3 Å². The van der Waals surface area contributed by atoms with E-state index in [1.165, 1.54) is 6.07 Å². The van der Waals surface area contributed by atoms with E-state index in [0.29, 0.717) is 30.7 Å². The summed E-state index contributed by atoms with van der Waals surface area (Å²) in [5.74, 6) is -0.333. The Morgan fingerprint density at radius 2 is 2.07 bits per heavy atom. The number of fused-ring (bicyclic) bond motifs is 1. The van der Waals surface area contributed by atoms with Crippen LogP contribution in [0.3, 0.4) is 0 Å². The molecule has 1 aliphatic rings. The molecule has 0 saturated heterocycles. The number of methoxy groups -OCH3 is 1. The second-order valence-electron chi connectivity index (χ2n) is 7.44. The zero-order valence-electron chi connectivity index (χ0n) is 16.7. The van der Waals surface area contributed by atoms with Crippen LogP contribution in [-0.4, -0.2) is 36.0 Å². The molecule has 28 heavy (non-hydrogen) atoms. The monoisotopic (exact) mass is 386 g/mol. The number of carbonyl (C=O) groups excluding carboxylic acids is 2. The number of halogens is 1. The van der Waals surface area contributed by atoms with E-state index in [2.05, 4.69) is 5.32 Å². The third kappa shape index (κ3) is 4.17. The number of hydrogen-bond acceptors (Lipinski definition) is 3. The summed E-state index contributed by atoms with van der Waals surface area (Å²) in [5, 5.41) is 2.90. The van der Waals surface area contributed by atoms with Crippen molar-refractivity contribution in [2.45, 2.75) is 52.1 Å². The number of nitrogens with zero attached hydrogens (tertiary/aromatic N) is 1. The Balaban J connectivity index is 1.94. The number of Topliss-reactive ketones (excluding diaryl/α,β-unsaturated/α-hetero) is 1. The highest BCUT2D eigenvalue weighted by Gasteiger charge is 2.29. The van der Waals surface area contributed by atoms with Crippen LogP contribution in [0.1, 0.15) is 52.6 Å². The minimum Gasteiger partial charge on any atom is -0.383 e. The second kappa shape index (κ2) is 8.69. The van der Waals surface area contributed by atoms with E-state index < -0.39 is 0 Å². The summed E-state index contributed by atoms with van der Waals surface area (Å²) in [6, 6.07) is 6.56. The molecule has 0 spiro atoms. The first kappa shape index (κ1) is 20.3. The van der Waals surface area contributed by atoms with Crippen molar-refractivity contribution in [3.8, 4) is 0 Å². The van der Waals surface area contributed by atoms with Crippen molar-refractivity contribution in [3.63, 3.8) is 0 Å². The molecule has 6 heteroatoms. The molecule has 1 heterocycles. The molecule has 2 aromatic rings. The second-order valence-corrected chi connectivity index (χ2v) is 7.44. The summed E-state index contributed by atoms with van der Waals surface area (Å²) in [7, 11) is 1.59. The zero-order chi connectivity index (χ0) is 20.3. The molecule has 0 aliphatic heterocycles. The minimum absolute atomic E-state index is 0.0735. The van der Waals surface area contributed by atoms with Crippen molar-refractivity contribution in [3.05, 3.63) is 58.2 Å². The number of hydrogen-bond donors (Lipinski definition) is 1. The van der Waals surface area contributed by atoms with Crippen molar-refractivity contribution in [2.24, 2.45) is 0 Å². The molecule has 1 amide bonds. The minimum atomic E-state index is -0.265. The third-order valence-corrected chi connectivity index (χ3v) is 5.30. The van der Waals surface area contributed by atoms with Crippen LogP contribution in [0.5, 0.6) is 0 Å². The van der Waals surface area contributed by atoms with Crippen LogP contribution >= 0.6 is 0 Å². The van der Waals surface area contributed by atoms with Crippen LogP contribution in [0.4, 0.5) is 4.39 Å². The highest BCUT2D eigenvalue weighted by atomic mass is 19.1. The molecule has 1 aromatic heterocycles. The molecule has 1 aliphatic carbocycles. The average Bonchev–Trinajstić information content (AvgIpc) is 2.90. The Morgan fingerprint density at radius 1 is 1.32 bits per heavy atom. The summed E-state index contributed by atoms with van der Waals surface area (Å²) in [5.41, 5.74) is 3.78. The van der Waals surface area contributed by atoms with Crippen molar-refractivity contribution in [1.29, 1.82) is 0 Å². The average molecular weight is 386 g/mol. The number of carbonyl (C=O) groups is 2. The van der Waals surface area contributed by atoms with Gasteiger partial charge in [-0.05, 0) is 38.3 Å². The Labute approximate surface area is 164 Å². The van der Waals surface area contributed by atoms with Crippen LogP contribution < -0.4 is 5.32 Å². The Bertz CT molecular complexity index is 888. The lowest BCUT2D eigenvalue weighted by atomic mass is 9.92. The quantitative estimate of drug-likeness (QED) is 0.795. The maximum atomic E-state index is 14.2. The summed E-state index contributed by atoms with van der Waals surface area (Å²) < 4.78 is 21.3. The molecule has 5 nitrogen and oxygen atoms in total. The van der Waals surface area contributed by atoms with E-state index in [-0.39, 0.29) is 30.0 Å². The predicted molar refractivity (Wildman–Crippen MR) is 105 cm³/mol. The number of ketones is 1. The van der Waals surface area contributed by atoms with Gasteiger partial charge in [-0.25, -0.2) is 4.39 Å². The van der Waals surface area contributed by atoms with Gasteiger partial charge in [0.2, 0.25) is 5.91 Å². The first-order valence-electron chi connectivity index (χ1n) is 9.68. The fourth-order valence-corrected chi connectivity index (χ4v) is 3.99. The largest absolute Gasteiger partial charge is 0.383 e. The number of amides is 1. The van der Waals surface area contributed by atoms with Gasteiger partial charge in [-0.3, -0.25) is 9.59 Å². The van der Waals surface area contributed by atoms with Gasteiger partial charge in [0.05, 0.1) is 19.6 Å². The highest BCUT2D eigenvalue weighted by molar-refractivity contribution is 6.01. The molecule has 0 unspecified atom stereocenters. The Kier molecular flexibility index (Phi) is 6.29. The van der Waals surface area contributed by atoms with E-state index in [0.717, 1.165) is 29.8 Å². The van der Waals surface area contributed by atoms with Gasteiger partial charge in [0.25, 0.3) is 0 Å². The molecule has 0 fully saturated rings. The standard InChI is InChI=1S/C22H27FN2O3/c1-14(13-28-3)24-21(27)11-17-15(2)25(12-16-7-4-5-8-18(16)23)19-9-6-10-20(26)22(17)19/h4-5,7-8,14H,6,9-13H2,1-3H3,(H,24,27)/t14-/m1/s1. The Hall–Kier alpha value is -2.47. The van der Waals surface area contributed by atoms with Crippen LogP contribution in [0.15, 0.2) is 24.3 Å². The van der Waals surface area contributed by atoms with Gasteiger partial charge in [0.15, 0.2) is 5.78 Å². The predicted octanol–water partition coefficient (Wildman–Crippen LogP) is 3.20. The lowest BCUT2D eigenvalue weighted by Gasteiger charge is -2.16. The number of ether oxygens (including phenoxy) is 1. The first-order chi connectivity index (χ1) is 13.4. The van der Waals surface area contributed by atoms with Gasteiger partial charge in [0.1, 0.15) is 5.82 Å². The smallest absolute Gasteiger partial charge is 0.224 e. The number of nitrogens with one attached hydrogen (secondary N) is 1. The third-order valence-electron chi connectivity index (χ3n) is 5.30. The summed E-state index contributed by atoms with van der Waals surface area (Å²) in [4.78, 5) is 25.2. The van der Waals surface area contributed by atoms with Crippen LogP contribution in [0, 0.1) is 12.7 Å². The lowest BCUT2D eigenvalue weighted by Crippen LogP contribution is -2.36. The van der Waals surface area contributed by atoms with Crippen molar-refractivity contribution < 1.29 is 18.7 Å². The van der Waals surface area contributed by atoms with E-state index in [1.807, 2.05) is 18.4 Å². The topological polar surface area (TPSA) is 60.3 Å². The molecule has 3 rings (SSSR count). The molecule has 1 aromatic carbocycles. The molecular formula is C22H27FN2O3. The van der Waals surface area contributed by atoms with Gasteiger partial charge >= 0.3 is 0 Å². The molecule has 0 saturated carbocycles. The normalized spacial score (nSPS) is 14.6. The van der Waals surface area contributed by atoms with Crippen molar-refractivity contribution in [1.82, 2.24) is 9.88 Å². The fourth-order valence-electron chi connectivity index (χ4n) is 3.99. The zero-order valence-corrected chi connectivity index (χ0v) is 16.7. The van der Waals surface area contributed by atoms with Crippen LogP contribution in [0.2, 0.25) is 0 Å². The Morgan fingerprint density at radius 3 is 2.79 bits per heavy atom. The van der Waals surface area contributed by atoms with Gasteiger partial charge in [-0.15, -0.1) is 0 Å². The van der Waals surface area contributed by atoms with Gasteiger partial charge in [-0.2, -0.15) is 0 Å².